The van der Waals surface area contributed by atoms with Crippen molar-refractivity contribution in [2.75, 3.05) is 13.1 Å². The van der Waals surface area contributed by atoms with Gasteiger partial charge in [-0.25, -0.2) is 0 Å². The fourth-order valence-corrected chi connectivity index (χ4v) is 5.43. The summed E-state index contributed by atoms with van der Waals surface area (Å²) in [6, 6.07) is 12.6. The summed E-state index contributed by atoms with van der Waals surface area (Å²) >= 11 is 0. The molecule has 3 heterocycles. The lowest BCUT2D eigenvalue weighted by molar-refractivity contribution is -0.386. The summed E-state index contributed by atoms with van der Waals surface area (Å²) in [7, 11) is 0. The van der Waals surface area contributed by atoms with Crippen molar-refractivity contribution in [2.45, 2.75) is 65.1 Å². The lowest BCUT2D eigenvalue weighted by atomic mass is 9.91. The largest absolute Gasteiger partial charge is 0.487 e. The summed E-state index contributed by atoms with van der Waals surface area (Å²) in [4.78, 5) is 14.2. The van der Waals surface area contributed by atoms with E-state index in [1.807, 2.05) is 32.0 Å². The molecular weight excluding hydrogens is 428 g/mol. The summed E-state index contributed by atoms with van der Waals surface area (Å²) in [5.41, 5.74) is 5.50. The van der Waals surface area contributed by atoms with Crippen molar-refractivity contribution in [3.63, 3.8) is 0 Å². The van der Waals surface area contributed by atoms with Gasteiger partial charge in [-0.3, -0.25) is 19.7 Å². The number of likely N-dealkylation sites (tertiary alicyclic amines) is 1. The Bertz CT molecular complexity index is 1220. The lowest BCUT2D eigenvalue weighted by Gasteiger charge is -2.32. The second-order valence-corrected chi connectivity index (χ2v) is 10.2. The summed E-state index contributed by atoms with van der Waals surface area (Å²) in [6.07, 6.45) is 4.71. The third kappa shape index (κ3) is 4.09. The summed E-state index contributed by atoms with van der Waals surface area (Å²) < 4.78 is 8.32. The molecule has 0 unspecified atom stereocenters. The molecule has 1 fully saturated rings. The van der Waals surface area contributed by atoms with Crippen LogP contribution in [0.5, 0.6) is 5.75 Å². The first-order valence-corrected chi connectivity index (χ1v) is 12.0. The Hall–Kier alpha value is -3.19. The van der Waals surface area contributed by atoms with Gasteiger partial charge < -0.3 is 4.74 Å². The van der Waals surface area contributed by atoms with Gasteiger partial charge in [0.15, 0.2) is 0 Å². The Morgan fingerprint density at radius 1 is 1.12 bits per heavy atom. The van der Waals surface area contributed by atoms with Gasteiger partial charge in [0.2, 0.25) is 0 Å². The van der Waals surface area contributed by atoms with Crippen LogP contribution in [-0.2, 0) is 13.0 Å². The third-order valence-corrected chi connectivity index (χ3v) is 7.34. The average Bonchev–Trinajstić information content (AvgIpc) is 3.43. The van der Waals surface area contributed by atoms with E-state index < -0.39 is 0 Å². The molecule has 0 saturated carbocycles. The van der Waals surface area contributed by atoms with Gasteiger partial charge in [0.25, 0.3) is 5.69 Å². The predicted molar refractivity (Wildman–Crippen MR) is 132 cm³/mol. The first-order valence-electron chi connectivity index (χ1n) is 12.0. The fourth-order valence-electron chi connectivity index (χ4n) is 5.43. The minimum Gasteiger partial charge on any atom is -0.487 e. The number of piperidine rings is 1. The molecular formula is C27H32N4O3. The molecule has 0 radical (unpaired) electrons. The normalized spacial score (nSPS) is 18.0. The van der Waals surface area contributed by atoms with Crippen LogP contribution < -0.4 is 4.74 Å². The molecule has 0 aliphatic carbocycles. The van der Waals surface area contributed by atoms with Crippen molar-refractivity contribution >= 4 is 5.69 Å². The van der Waals surface area contributed by atoms with Gasteiger partial charge in [0.1, 0.15) is 11.4 Å². The van der Waals surface area contributed by atoms with Crippen LogP contribution >= 0.6 is 0 Å². The third-order valence-electron chi connectivity index (χ3n) is 7.34. The molecule has 2 aliphatic rings. The van der Waals surface area contributed by atoms with Gasteiger partial charge in [-0.2, -0.15) is 5.10 Å². The Balaban J connectivity index is 1.34. The van der Waals surface area contributed by atoms with E-state index in [0.717, 1.165) is 65.2 Å². The average molecular weight is 461 g/mol. The van der Waals surface area contributed by atoms with Crippen molar-refractivity contribution in [1.82, 2.24) is 14.7 Å². The number of hydrogen-bond acceptors (Lipinski definition) is 5. The van der Waals surface area contributed by atoms with E-state index in [2.05, 4.69) is 47.8 Å². The number of benzene rings is 2. The number of aromatic nitrogens is 2. The van der Waals surface area contributed by atoms with E-state index in [9.17, 15) is 10.1 Å². The van der Waals surface area contributed by atoms with E-state index in [1.165, 1.54) is 0 Å². The number of ether oxygens (including phenoxy) is 1. The van der Waals surface area contributed by atoms with Crippen LogP contribution in [0.15, 0.2) is 42.6 Å². The van der Waals surface area contributed by atoms with Crippen LogP contribution in [-0.4, -0.2) is 38.3 Å². The molecule has 7 nitrogen and oxygen atoms in total. The minimum absolute atomic E-state index is 0.204. The smallest absolute Gasteiger partial charge is 0.277 e. The molecule has 2 aliphatic heterocycles. The van der Waals surface area contributed by atoms with E-state index in [0.29, 0.717) is 19.0 Å². The Kier molecular flexibility index (Phi) is 5.68. The topological polar surface area (TPSA) is 73.4 Å². The second kappa shape index (κ2) is 8.55. The molecule has 0 spiro atoms. The highest BCUT2D eigenvalue weighted by atomic mass is 16.6. The van der Waals surface area contributed by atoms with Crippen molar-refractivity contribution in [2.24, 2.45) is 0 Å². The number of rotatable bonds is 5. The maximum Gasteiger partial charge on any atom is 0.277 e. The molecule has 3 aromatic rings. The SMILES string of the molecule is Cc1c(C)c([N+](=O)[O-])c(CN2CCC(n3ccc(-c4ccccc4)n3)CC2)c2c1OC(C)(C)C2. The molecule has 5 rings (SSSR count). The molecule has 7 heteroatoms. The van der Waals surface area contributed by atoms with Crippen molar-refractivity contribution < 1.29 is 9.66 Å². The molecule has 2 aromatic carbocycles. The van der Waals surface area contributed by atoms with E-state index >= 15 is 0 Å². The first-order chi connectivity index (χ1) is 16.2. The van der Waals surface area contributed by atoms with Gasteiger partial charge in [0, 0.05) is 54.5 Å². The van der Waals surface area contributed by atoms with Gasteiger partial charge in [-0.15, -0.1) is 0 Å². The minimum atomic E-state index is -0.340. The van der Waals surface area contributed by atoms with Crippen molar-refractivity contribution in [3.05, 3.63) is 75.0 Å². The van der Waals surface area contributed by atoms with Gasteiger partial charge in [-0.05, 0) is 46.6 Å². The van der Waals surface area contributed by atoms with Gasteiger partial charge >= 0.3 is 0 Å². The highest BCUT2D eigenvalue weighted by Crippen LogP contribution is 2.46. The number of hydrogen-bond donors (Lipinski definition) is 0. The summed E-state index contributed by atoms with van der Waals surface area (Å²) in [5.74, 6) is 0.850. The molecule has 0 N–H and O–H groups in total. The predicted octanol–water partition coefficient (Wildman–Crippen LogP) is 5.63. The number of nitro benzene ring substituents is 1. The molecule has 1 aromatic heterocycles. The van der Waals surface area contributed by atoms with E-state index in [4.69, 9.17) is 9.84 Å². The molecule has 1 saturated heterocycles. The Morgan fingerprint density at radius 3 is 2.50 bits per heavy atom. The molecule has 34 heavy (non-hydrogen) atoms. The molecule has 0 atom stereocenters. The maximum absolute atomic E-state index is 12.1. The Labute approximate surface area is 200 Å². The highest BCUT2D eigenvalue weighted by Gasteiger charge is 2.38. The van der Waals surface area contributed by atoms with Crippen LogP contribution in [0.2, 0.25) is 0 Å². The maximum atomic E-state index is 12.1. The summed E-state index contributed by atoms with van der Waals surface area (Å²) in [6.45, 7) is 10.2. The van der Waals surface area contributed by atoms with Crippen LogP contribution in [0, 0.1) is 24.0 Å². The Morgan fingerprint density at radius 2 is 1.82 bits per heavy atom. The van der Waals surface area contributed by atoms with Crippen LogP contribution in [0.4, 0.5) is 5.69 Å². The zero-order valence-corrected chi connectivity index (χ0v) is 20.4. The van der Waals surface area contributed by atoms with E-state index in [-0.39, 0.29) is 16.2 Å². The second-order valence-electron chi connectivity index (χ2n) is 10.2. The van der Waals surface area contributed by atoms with Gasteiger partial charge in [-0.1, -0.05) is 30.3 Å². The quantitative estimate of drug-likeness (QED) is 0.365. The monoisotopic (exact) mass is 460 g/mol. The molecule has 0 bridgehead atoms. The zero-order chi connectivity index (χ0) is 24.0. The fraction of sp³-hybridized carbons (Fsp3) is 0.444. The number of nitrogens with zero attached hydrogens (tertiary/aromatic N) is 4. The van der Waals surface area contributed by atoms with Crippen LogP contribution in [0.1, 0.15) is 55.0 Å². The number of nitro groups is 1. The van der Waals surface area contributed by atoms with Crippen molar-refractivity contribution in [1.29, 1.82) is 0 Å². The highest BCUT2D eigenvalue weighted by molar-refractivity contribution is 5.64. The summed E-state index contributed by atoms with van der Waals surface area (Å²) in [5, 5.41) is 16.9. The van der Waals surface area contributed by atoms with Crippen molar-refractivity contribution in [3.8, 4) is 17.0 Å². The molecule has 0 amide bonds. The standard InChI is InChI=1S/C27H32N4O3/c1-18-19(2)26-22(16-27(3,4)34-26)23(25(18)31(32)33)17-29-13-10-21(11-14-29)30-15-12-24(28-30)20-8-6-5-7-9-20/h5-9,12,15,21H,10-11,13-14,16-17H2,1-4H3. The van der Waals surface area contributed by atoms with Crippen LogP contribution in [0.3, 0.4) is 0 Å². The van der Waals surface area contributed by atoms with E-state index in [1.54, 1.807) is 0 Å². The van der Waals surface area contributed by atoms with Gasteiger partial charge in [0.05, 0.1) is 22.2 Å². The lowest BCUT2D eigenvalue weighted by Crippen LogP contribution is -2.35. The first kappa shape index (κ1) is 22.6. The number of fused-ring (bicyclic) bond motifs is 1. The van der Waals surface area contributed by atoms with Crippen LogP contribution in [0.25, 0.3) is 11.3 Å². The molecule has 178 valence electrons. The zero-order valence-electron chi connectivity index (χ0n) is 20.4.